The molecule has 0 aliphatic heterocycles. The summed E-state index contributed by atoms with van der Waals surface area (Å²) in [5, 5.41) is 17.2. The van der Waals surface area contributed by atoms with E-state index in [-0.39, 0.29) is 12.1 Å². The van der Waals surface area contributed by atoms with Gasteiger partial charge in [-0.15, -0.1) is 0 Å². The summed E-state index contributed by atoms with van der Waals surface area (Å²) in [6, 6.07) is 10.9. The second-order valence-electron chi connectivity index (χ2n) is 9.21. The lowest BCUT2D eigenvalue weighted by Gasteiger charge is -2.31. The molecule has 0 bridgehead atoms. The van der Waals surface area contributed by atoms with E-state index in [1.165, 1.54) is 31.2 Å². The van der Waals surface area contributed by atoms with Crippen LogP contribution in [-0.4, -0.2) is 49.4 Å². The Morgan fingerprint density at radius 1 is 1.06 bits per heavy atom. The molecule has 8 nitrogen and oxygen atoms in total. The fourth-order valence-corrected chi connectivity index (χ4v) is 5.01. The van der Waals surface area contributed by atoms with Crippen molar-refractivity contribution in [2.75, 3.05) is 17.2 Å². The van der Waals surface area contributed by atoms with Crippen molar-refractivity contribution in [2.45, 2.75) is 75.6 Å². The summed E-state index contributed by atoms with van der Waals surface area (Å²) in [5.41, 5.74) is 8.97. The van der Waals surface area contributed by atoms with E-state index in [2.05, 4.69) is 44.5 Å². The summed E-state index contributed by atoms with van der Waals surface area (Å²) < 4.78 is 2.23. The highest BCUT2D eigenvalue weighted by atomic mass is 16.3. The van der Waals surface area contributed by atoms with Crippen LogP contribution in [-0.2, 0) is 6.42 Å². The first-order valence-corrected chi connectivity index (χ1v) is 11.9. The number of hydrogen-bond acceptors (Lipinski definition) is 7. The number of aliphatic hydroxyl groups excluding tert-OH is 1. The number of aliphatic hydroxyl groups is 1. The van der Waals surface area contributed by atoms with Crippen LogP contribution in [0.5, 0.6) is 0 Å². The first-order valence-electron chi connectivity index (χ1n) is 11.9. The van der Waals surface area contributed by atoms with Crippen molar-refractivity contribution < 1.29 is 5.11 Å². The Hall–Kier alpha value is -2.71. The lowest BCUT2D eigenvalue weighted by atomic mass is 9.89. The number of nitrogens with two attached hydrogens (primary N) is 1. The summed E-state index contributed by atoms with van der Waals surface area (Å²) in [5.74, 6) is 1.35. The maximum absolute atomic E-state index is 10.2. The van der Waals surface area contributed by atoms with E-state index in [0.717, 1.165) is 42.8 Å². The molecule has 8 heteroatoms. The van der Waals surface area contributed by atoms with E-state index >= 15 is 0 Å². The first-order chi connectivity index (χ1) is 15.7. The van der Waals surface area contributed by atoms with Gasteiger partial charge < -0.3 is 26.0 Å². The van der Waals surface area contributed by atoms with Gasteiger partial charge in [0.2, 0.25) is 5.95 Å². The predicted molar refractivity (Wildman–Crippen MR) is 127 cm³/mol. The highest BCUT2D eigenvalue weighted by Gasteiger charge is 2.28. The van der Waals surface area contributed by atoms with Gasteiger partial charge in [-0.25, -0.2) is 4.98 Å². The number of nitrogens with one attached hydrogen (secondary N) is 2. The molecule has 0 radical (unpaired) electrons. The molecule has 2 aliphatic rings. The Bertz CT molecular complexity index is 1030. The van der Waals surface area contributed by atoms with Crippen molar-refractivity contribution >= 4 is 22.9 Å². The van der Waals surface area contributed by atoms with Gasteiger partial charge in [0.05, 0.1) is 12.4 Å². The second kappa shape index (κ2) is 9.42. The van der Waals surface area contributed by atoms with Crippen LogP contribution in [0.25, 0.3) is 11.2 Å². The van der Waals surface area contributed by atoms with Crippen molar-refractivity contribution in [1.82, 2.24) is 19.5 Å². The molecule has 0 saturated heterocycles. The molecule has 2 saturated carbocycles. The van der Waals surface area contributed by atoms with Crippen LogP contribution < -0.4 is 16.4 Å². The van der Waals surface area contributed by atoms with Gasteiger partial charge >= 0.3 is 0 Å². The van der Waals surface area contributed by atoms with Crippen molar-refractivity contribution in [3.63, 3.8) is 0 Å². The van der Waals surface area contributed by atoms with Crippen molar-refractivity contribution in [3.8, 4) is 0 Å². The van der Waals surface area contributed by atoms with E-state index in [1.54, 1.807) is 0 Å². The quantitative estimate of drug-likeness (QED) is 0.450. The van der Waals surface area contributed by atoms with Crippen LogP contribution >= 0.6 is 0 Å². The van der Waals surface area contributed by atoms with Crippen LogP contribution in [0, 0.1) is 0 Å². The molecule has 2 aliphatic carbocycles. The summed E-state index contributed by atoms with van der Waals surface area (Å²) in [7, 11) is 0. The number of anilines is 2. The van der Waals surface area contributed by atoms with Crippen LogP contribution in [0.1, 0.15) is 56.6 Å². The van der Waals surface area contributed by atoms with Gasteiger partial charge in [0.1, 0.15) is 0 Å². The van der Waals surface area contributed by atoms with Crippen molar-refractivity contribution in [3.05, 3.63) is 42.2 Å². The molecule has 2 aromatic heterocycles. The minimum Gasteiger partial charge on any atom is -0.391 e. The zero-order valence-electron chi connectivity index (χ0n) is 18.5. The molecule has 5 N–H and O–H groups in total. The third kappa shape index (κ3) is 4.56. The molecule has 32 heavy (non-hydrogen) atoms. The summed E-state index contributed by atoms with van der Waals surface area (Å²) in [4.78, 5) is 14.3. The van der Waals surface area contributed by atoms with Gasteiger partial charge in [-0.3, -0.25) is 0 Å². The molecule has 5 rings (SSSR count). The SMILES string of the molecule is NC1CCC(Nc2nc(NCCc3ccccc3)c3ncn(C4CCCC4)c3n2)CC1O. The molecule has 0 amide bonds. The monoisotopic (exact) mass is 435 g/mol. The Morgan fingerprint density at radius 2 is 1.88 bits per heavy atom. The molecular weight excluding hydrogens is 402 g/mol. The zero-order valence-corrected chi connectivity index (χ0v) is 18.5. The molecule has 170 valence electrons. The average molecular weight is 436 g/mol. The van der Waals surface area contributed by atoms with Crippen LogP contribution in [0.15, 0.2) is 36.7 Å². The largest absolute Gasteiger partial charge is 0.391 e. The van der Waals surface area contributed by atoms with Crippen molar-refractivity contribution in [1.29, 1.82) is 0 Å². The molecule has 1 aromatic carbocycles. The second-order valence-corrected chi connectivity index (χ2v) is 9.21. The number of rotatable bonds is 7. The summed E-state index contributed by atoms with van der Waals surface area (Å²) >= 11 is 0. The fourth-order valence-electron chi connectivity index (χ4n) is 5.01. The average Bonchev–Trinajstić information content (AvgIpc) is 3.47. The fraction of sp³-hybridized carbons (Fsp3) is 0.542. The van der Waals surface area contributed by atoms with Gasteiger partial charge in [0, 0.05) is 24.7 Å². The molecule has 3 aromatic rings. The van der Waals surface area contributed by atoms with Crippen LogP contribution in [0.3, 0.4) is 0 Å². The molecule has 3 atom stereocenters. The molecule has 0 spiro atoms. The predicted octanol–water partition coefficient (Wildman–Crippen LogP) is 3.25. The van der Waals surface area contributed by atoms with E-state index in [0.29, 0.717) is 18.4 Å². The van der Waals surface area contributed by atoms with Gasteiger partial charge in [-0.05, 0) is 44.1 Å². The normalized spacial score (nSPS) is 24.1. The van der Waals surface area contributed by atoms with Crippen LogP contribution in [0.4, 0.5) is 11.8 Å². The van der Waals surface area contributed by atoms with Gasteiger partial charge in [-0.2, -0.15) is 9.97 Å². The Labute approximate surface area is 188 Å². The number of benzene rings is 1. The Balaban J connectivity index is 1.40. The van der Waals surface area contributed by atoms with E-state index in [1.807, 2.05) is 12.4 Å². The highest BCUT2D eigenvalue weighted by molar-refractivity contribution is 5.84. The standard InChI is InChI=1S/C24H33N7O/c25-19-11-10-17(14-20(19)32)28-24-29-22(26-13-12-16-6-2-1-3-7-16)21-23(30-24)31(15-27-21)18-8-4-5-9-18/h1-3,6-7,15,17-20,32H,4-5,8-14,25H2,(H2,26,28,29,30). The Morgan fingerprint density at radius 3 is 2.66 bits per heavy atom. The molecule has 3 unspecified atom stereocenters. The maximum Gasteiger partial charge on any atom is 0.227 e. The molecule has 2 heterocycles. The maximum atomic E-state index is 10.2. The van der Waals surface area contributed by atoms with E-state index in [4.69, 9.17) is 15.7 Å². The lowest BCUT2D eigenvalue weighted by Crippen LogP contribution is -2.44. The van der Waals surface area contributed by atoms with Crippen LogP contribution in [0.2, 0.25) is 0 Å². The third-order valence-corrected chi connectivity index (χ3v) is 6.89. The van der Waals surface area contributed by atoms with Gasteiger partial charge in [0.25, 0.3) is 0 Å². The smallest absolute Gasteiger partial charge is 0.227 e. The molecule has 2 fully saturated rings. The minimum absolute atomic E-state index is 0.113. The Kier molecular flexibility index (Phi) is 6.23. The van der Waals surface area contributed by atoms with Gasteiger partial charge in [-0.1, -0.05) is 43.2 Å². The minimum atomic E-state index is -0.488. The number of aromatic nitrogens is 4. The number of fused-ring (bicyclic) bond motifs is 1. The highest BCUT2D eigenvalue weighted by Crippen LogP contribution is 2.33. The lowest BCUT2D eigenvalue weighted by molar-refractivity contribution is 0.103. The summed E-state index contributed by atoms with van der Waals surface area (Å²) in [6.07, 6.45) is 9.49. The molecular formula is C24H33N7O. The number of imidazole rings is 1. The van der Waals surface area contributed by atoms with E-state index < -0.39 is 6.10 Å². The number of nitrogens with zero attached hydrogens (tertiary/aromatic N) is 4. The zero-order chi connectivity index (χ0) is 21.9. The first kappa shape index (κ1) is 21.2. The van der Waals surface area contributed by atoms with Crippen molar-refractivity contribution in [2.24, 2.45) is 5.73 Å². The third-order valence-electron chi connectivity index (χ3n) is 6.89. The topological polar surface area (TPSA) is 114 Å². The number of hydrogen-bond donors (Lipinski definition) is 4. The van der Waals surface area contributed by atoms with Gasteiger partial charge in [0.15, 0.2) is 17.0 Å². The summed E-state index contributed by atoms with van der Waals surface area (Å²) in [6.45, 7) is 0.767. The van der Waals surface area contributed by atoms with E-state index in [9.17, 15) is 5.11 Å².